The fourth-order valence-corrected chi connectivity index (χ4v) is 3.57. The summed E-state index contributed by atoms with van der Waals surface area (Å²) < 4.78 is 0. The molecule has 0 aromatic carbocycles. The highest BCUT2D eigenvalue weighted by molar-refractivity contribution is 5.03. The van der Waals surface area contributed by atoms with Crippen LogP contribution in [0.5, 0.6) is 0 Å². The van der Waals surface area contributed by atoms with E-state index in [1.807, 2.05) is 0 Å². The van der Waals surface area contributed by atoms with Crippen molar-refractivity contribution in [3.05, 3.63) is 0 Å². The van der Waals surface area contributed by atoms with Gasteiger partial charge in [0.25, 0.3) is 0 Å². The van der Waals surface area contributed by atoms with Crippen molar-refractivity contribution in [1.82, 2.24) is 4.90 Å². The first-order chi connectivity index (χ1) is 7.24. The maximum Gasteiger partial charge on any atom is 0.0360 e. The SMILES string of the molecule is CCN(C1CC1)C1(CN)CCCCC1C. The zero-order chi connectivity index (χ0) is 10.9. The Bertz CT molecular complexity index is 213. The monoisotopic (exact) mass is 210 g/mol. The molecule has 2 nitrogen and oxygen atoms in total. The fraction of sp³-hybridized carbons (Fsp3) is 1.00. The second-order valence-corrected chi connectivity index (χ2v) is 5.47. The van der Waals surface area contributed by atoms with E-state index in [1.165, 1.54) is 45.1 Å². The number of nitrogens with zero attached hydrogens (tertiary/aromatic N) is 1. The lowest BCUT2D eigenvalue weighted by molar-refractivity contribution is 0.0104. The second kappa shape index (κ2) is 4.42. The summed E-state index contributed by atoms with van der Waals surface area (Å²) in [6.45, 7) is 6.76. The highest BCUT2D eigenvalue weighted by atomic mass is 15.3. The van der Waals surface area contributed by atoms with Gasteiger partial charge < -0.3 is 5.73 Å². The first-order valence-corrected chi connectivity index (χ1v) is 6.71. The molecule has 0 saturated heterocycles. The maximum absolute atomic E-state index is 6.13. The number of hydrogen-bond donors (Lipinski definition) is 1. The topological polar surface area (TPSA) is 29.3 Å². The Morgan fingerprint density at radius 1 is 1.27 bits per heavy atom. The third-order valence-electron chi connectivity index (χ3n) is 4.67. The predicted molar refractivity (Wildman–Crippen MR) is 64.8 cm³/mol. The van der Waals surface area contributed by atoms with Crippen LogP contribution in [-0.4, -0.2) is 29.6 Å². The van der Waals surface area contributed by atoms with Gasteiger partial charge in [0.1, 0.15) is 0 Å². The normalized spacial score (nSPS) is 37.2. The average Bonchev–Trinajstić information content (AvgIpc) is 3.06. The van der Waals surface area contributed by atoms with Crippen molar-refractivity contribution in [3.63, 3.8) is 0 Å². The molecular formula is C13H26N2. The van der Waals surface area contributed by atoms with Crippen LogP contribution in [0.25, 0.3) is 0 Å². The highest BCUT2D eigenvalue weighted by Crippen LogP contribution is 2.43. The van der Waals surface area contributed by atoms with Crippen molar-refractivity contribution in [2.24, 2.45) is 11.7 Å². The molecule has 0 aromatic rings. The Morgan fingerprint density at radius 2 is 2.00 bits per heavy atom. The van der Waals surface area contributed by atoms with Crippen LogP contribution in [0.4, 0.5) is 0 Å². The number of hydrogen-bond acceptors (Lipinski definition) is 2. The van der Waals surface area contributed by atoms with E-state index in [-0.39, 0.29) is 0 Å². The van der Waals surface area contributed by atoms with E-state index < -0.39 is 0 Å². The predicted octanol–water partition coefficient (Wildman–Crippen LogP) is 2.38. The maximum atomic E-state index is 6.13. The first-order valence-electron chi connectivity index (χ1n) is 6.71. The molecule has 2 aliphatic rings. The molecule has 2 unspecified atom stereocenters. The average molecular weight is 210 g/mol. The van der Waals surface area contributed by atoms with Crippen molar-refractivity contribution < 1.29 is 0 Å². The summed E-state index contributed by atoms with van der Waals surface area (Å²) in [7, 11) is 0. The van der Waals surface area contributed by atoms with Crippen LogP contribution >= 0.6 is 0 Å². The molecule has 0 amide bonds. The molecule has 0 radical (unpaired) electrons. The molecule has 0 aromatic heterocycles. The van der Waals surface area contributed by atoms with Gasteiger partial charge in [0.05, 0.1) is 0 Å². The number of nitrogens with two attached hydrogens (primary N) is 1. The van der Waals surface area contributed by atoms with E-state index in [1.54, 1.807) is 0 Å². The molecule has 0 aliphatic heterocycles. The standard InChI is InChI=1S/C13H26N2/c1-3-15(12-7-8-12)13(10-14)9-5-4-6-11(13)2/h11-12H,3-10,14H2,1-2H3. The van der Waals surface area contributed by atoms with E-state index in [0.29, 0.717) is 5.54 Å². The van der Waals surface area contributed by atoms with Crippen LogP contribution in [0.1, 0.15) is 52.4 Å². The quantitative estimate of drug-likeness (QED) is 0.772. The minimum absolute atomic E-state index is 0.341. The number of rotatable bonds is 4. The summed E-state index contributed by atoms with van der Waals surface area (Å²) in [6, 6.07) is 0.860. The molecule has 2 fully saturated rings. The van der Waals surface area contributed by atoms with Crippen molar-refractivity contribution in [1.29, 1.82) is 0 Å². The van der Waals surface area contributed by atoms with Gasteiger partial charge in [-0.2, -0.15) is 0 Å². The van der Waals surface area contributed by atoms with Crippen LogP contribution in [0.15, 0.2) is 0 Å². The van der Waals surface area contributed by atoms with E-state index in [2.05, 4.69) is 18.7 Å². The molecular weight excluding hydrogens is 184 g/mol. The Kier molecular flexibility index (Phi) is 3.36. The number of likely N-dealkylation sites (N-methyl/N-ethyl adjacent to an activating group) is 1. The molecule has 88 valence electrons. The lowest BCUT2D eigenvalue weighted by Gasteiger charge is -2.50. The van der Waals surface area contributed by atoms with Crippen LogP contribution < -0.4 is 5.73 Å². The zero-order valence-electron chi connectivity index (χ0n) is 10.3. The van der Waals surface area contributed by atoms with Crippen molar-refractivity contribution in [3.8, 4) is 0 Å². The van der Waals surface area contributed by atoms with E-state index in [9.17, 15) is 0 Å². The van der Waals surface area contributed by atoms with Gasteiger partial charge in [-0.15, -0.1) is 0 Å². The van der Waals surface area contributed by atoms with Crippen molar-refractivity contribution >= 4 is 0 Å². The van der Waals surface area contributed by atoms with Crippen LogP contribution in [-0.2, 0) is 0 Å². The summed E-state index contributed by atoms with van der Waals surface area (Å²) in [6.07, 6.45) is 8.30. The zero-order valence-corrected chi connectivity index (χ0v) is 10.3. The van der Waals surface area contributed by atoms with Crippen molar-refractivity contribution in [2.45, 2.75) is 64.0 Å². The summed E-state index contributed by atoms with van der Waals surface area (Å²) >= 11 is 0. The highest BCUT2D eigenvalue weighted by Gasteiger charge is 2.46. The van der Waals surface area contributed by atoms with Crippen LogP contribution in [0.2, 0.25) is 0 Å². The molecule has 2 atom stereocenters. The molecule has 0 heterocycles. The fourth-order valence-electron chi connectivity index (χ4n) is 3.57. The Labute approximate surface area is 94.2 Å². The third kappa shape index (κ3) is 1.94. The largest absolute Gasteiger partial charge is 0.329 e. The summed E-state index contributed by atoms with van der Waals surface area (Å²) in [5, 5.41) is 0. The van der Waals surface area contributed by atoms with Gasteiger partial charge in [0.2, 0.25) is 0 Å². The van der Waals surface area contributed by atoms with Gasteiger partial charge in [-0.25, -0.2) is 0 Å². The lowest BCUT2D eigenvalue weighted by atomic mass is 9.72. The van der Waals surface area contributed by atoms with Gasteiger partial charge in [-0.3, -0.25) is 4.90 Å². The summed E-state index contributed by atoms with van der Waals surface area (Å²) in [5.41, 5.74) is 6.47. The smallest absolute Gasteiger partial charge is 0.0360 e. The Balaban J connectivity index is 2.16. The first kappa shape index (κ1) is 11.4. The summed E-state index contributed by atoms with van der Waals surface area (Å²) in [5.74, 6) is 0.789. The minimum Gasteiger partial charge on any atom is -0.329 e. The van der Waals surface area contributed by atoms with Gasteiger partial charge >= 0.3 is 0 Å². The second-order valence-electron chi connectivity index (χ2n) is 5.47. The molecule has 2 N–H and O–H groups in total. The van der Waals surface area contributed by atoms with E-state index in [4.69, 9.17) is 5.73 Å². The third-order valence-corrected chi connectivity index (χ3v) is 4.67. The van der Waals surface area contributed by atoms with Gasteiger partial charge in [0, 0.05) is 18.1 Å². The summed E-state index contributed by atoms with van der Waals surface area (Å²) in [4.78, 5) is 2.73. The van der Waals surface area contributed by atoms with E-state index >= 15 is 0 Å². The molecule has 0 bridgehead atoms. The van der Waals surface area contributed by atoms with Gasteiger partial charge in [0.15, 0.2) is 0 Å². The molecule has 2 heteroatoms. The molecule has 2 aliphatic carbocycles. The van der Waals surface area contributed by atoms with Crippen LogP contribution in [0, 0.1) is 5.92 Å². The molecule has 2 rings (SSSR count). The van der Waals surface area contributed by atoms with Gasteiger partial charge in [-0.05, 0) is 38.1 Å². The molecule has 2 saturated carbocycles. The van der Waals surface area contributed by atoms with E-state index in [0.717, 1.165) is 18.5 Å². The molecule has 15 heavy (non-hydrogen) atoms. The van der Waals surface area contributed by atoms with Gasteiger partial charge in [-0.1, -0.05) is 26.7 Å². The Morgan fingerprint density at radius 3 is 2.47 bits per heavy atom. The molecule has 0 spiro atoms. The lowest BCUT2D eigenvalue weighted by Crippen LogP contribution is -2.60. The Hall–Kier alpha value is -0.0800. The minimum atomic E-state index is 0.341. The van der Waals surface area contributed by atoms with Crippen molar-refractivity contribution in [2.75, 3.05) is 13.1 Å². The van der Waals surface area contributed by atoms with Crippen LogP contribution in [0.3, 0.4) is 0 Å².